The van der Waals surface area contributed by atoms with E-state index in [2.05, 4.69) is 36.1 Å². The number of carbonyl (C=O) groups is 1. The van der Waals surface area contributed by atoms with Gasteiger partial charge in [0.15, 0.2) is 0 Å². The number of aliphatic carboxylic acids is 1. The number of nitrogens with zero attached hydrogens (tertiary/aromatic N) is 1. The summed E-state index contributed by atoms with van der Waals surface area (Å²) in [5.41, 5.74) is 1.37. The maximum absolute atomic E-state index is 11.3. The highest BCUT2D eigenvalue weighted by molar-refractivity contribution is 5.73. The van der Waals surface area contributed by atoms with E-state index in [4.69, 9.17) is 0 Å². The Labute approximate surface area is 121 Å². The highest BCUT2D eigenvalue weighted by atomic mass is 16.4. The van der Waals surface area contributed by atoms with Crippen LogP contribution in [0, 0.1) is 5.92 Å². The van der Waals surface area contributed by atoms with Crippen LogP contribution in [0.4, 0.5) is 0 Å². The van der Waals surface area contributed by atoms with Crippen LogP contribution in [0.5, 0.6) is 0 Å². The highest BCUT2D eigenvalue weighted by Crippen LogP contribution is 2.20. The smallest absolute Gasteiger partial charge is 0.320 e. The molecule has 0 aromatic heterocycles. The second kappa shape index (κ2) is 7.44. The Balaban J connectivity index is 1.80. The fourth-order valence-corrected chi connectivity index (χ4v) is 3.04. The lowest BCUT2D eigenvalue weighted by Gasteiger charge is -2.34. The third-order valence-corrected chi connectivity index (χ3v) is 4.21. The minimum Gasteiger partial charge on any atom is -0.480 e. The molecular formula is C17H25NO2. The molecule has 3 nitrogen and oxygen atoms in total. The lowest BCUT2D eigenvalue weighted by molar-refractivity contribution is -0.144. The van der Waals surface area contributed by atoms with Gasteiger partial charge in [0.05, 0.1) is 0 Å². The maximum Gasteiger partial charge on any atom is 0.320 e. The van der Waals surface area contributed by atoms with E-state index in [1.165, 1.54) is 5.56 Å². The topological polar surface area (TPSA) is 40.5 Å². The zero-order valence-electron chi connectivity index (χ0n) is 12.3. The summed E-state index contributed by atoms with van der Waals surface area (Å²) in [6.45, 7) is 4.08. The van der Waals surface area contributed by atoms with E-state index in [9.17, 15) is 9.90 Å². The minimum atomic E-state index is -0.653. The molecule has 1 heterocycles. The van der Waals surface area contributed by atoms with Crippen LogP contribution in [0.25, 0.3) is 0 Å². The van der Waals surface area contributed by atoms with Crippen LogP contribution in [0.15, 0.2) is 30.3 Å². The average molecular weight is 275 g/mol. The first kappa shape index (κ1) is 15.0. The predicted molar refractivity (Wildman–Crippen MR) is 80.8 cm³/mol. The number of hydrogen-bond acceptors (Lipinski definition) is 2. The molecule has 0 spiro atoms. The predicted octanol–water partition coefficient (Wildman–Crippen LogP) is 3.19. The van der Waals surface area contributed by atoms with Crippen LogP contribution < -0.4 is 0 Å². The zero-order chi connectivity index (χ0) is 14.4. The van der Waals surface area contributed by atoms with Crippen LogP contribution in [0.2, 0.25) is 0 Å². The first-order chi connectivity index (χ1) is 9.66. The van der Waals surface area contributed by atoms with Gasteiger partial charge in [-0.25, -0.2) is 0 Å². The van der Waals surface area contributed by atoms with Gasteiger partial charge in [0.2, 0.25) is 0 Å². The Morgan fingerprint density at radius 1 is 1.35 bits per heavy atom. The van der Waals surface area contributed by atoms with Crippen molar-refractivity contribution < 1.29 is 9.90 Å². The SMILES string of the molecule is CC(CCc1ccccc1)CN1CCCCC1C(=O)O. The molecule has 1 saturated heterocycles. The third kappa shape index (κ3) is 4.34. The fraction of sp³-hybridized carbons (Fsp3) is 0.588. The van der Waals surface area contributed by atoms with Gasteiger partial charge in [-0.15, -0.1) is 0 Å². The van der Waals surface area contributed by atoms with Crippen molar-refractivity contribution in [1.29, 1.82) is 0 Å². The Kier molecular flexibility index (Phi) is 5.60. The van der Waals surface area contributed by atoms with Gasteiger partial charge < -0.3 is 5.11 Å². The first-order valence-electron chi connectivity index (χ1n) is 7.67. The Bertz CT molecular complexity index is 418. The standard InChI is InChI=1S/C17H25NO2/c1-14(10-11-15-7-3-2-4-8-15)13-18-12-6-5-9-16(18)17(19)20/h2-4,7-8,14,16H,5-6,9-13H2,1H3,(H,19,20). The van der Waals surface area contributed by atoms with Gasteiger partial charge >= 0.3 is 5.97 Å². The normalized spacial score (nSPS) is 21.6. The van der Waals surface area contributed by atoms with Gasteiger partial charge in [0.25, 0.3) is 0 Å². The van der Waals surface area contributed by atoms with E-state index in [1.54, 1.807) is 0 Å². The molecule has 0 saturated carbocycles. The molecule has 0 amide bonds. The largest absolute Gasteiger partial charge is 0.480 e. The molecular weight excluding hydrogens is 250 g/mol. The van der Waals surface area contributed by atoms with E-state index >= 15 is 0 Å². The number of likely N-dealkylation sites (tertiary alicyclic amines) is 1. The average Bonchev–Trinajstić information content (AvgIpc) is 2.46. The second-order valence-electron chi connectivity index (χ2n) is 5.97. The van der Waals surface area contributed by atoms with E-state index in [-0.39, 0.29) is 6.04 Å². The second-order valence-corrected chi connectivity index (χ2v) is 5.97. The number of benzene rings is 1. The van der Waals surface area contributed by atoms with Crippen LogP contribution >= 0.6 is 0 Å². The van der Waals surface area contributed by atoms with Gasteiger partial charge in [-0.05, 0) is 43.7 Å². The Morgan fingerprint density at radius 2 is 2.10 bits per heavy atom. The molecule has 20 heavy (non-hydrogen) atoms. The number of piperidine rings is 1. The van der Waals surface area contributed by atoms with Crippen molar-refractivity contribution in [1.82, 2.24) is 4.90 Å². The monoisotopic (exact) mass is 275 g/mol. The van der Waals surface area contributed by atoms with Gasteiger partial charge in [-0.1, -0.05) is 43.7 Å². The van der Waals surface area contributed by atoms with Gasteiger partial charge in [0.1, 0.15) is 6.04 Å². The number of hydrogen-bond donors (Lipinski definition) is 1. The van der Waals surface area contributed by atoms with Crippen LogP contribution in [0.1, 0.15) is 38.2 Å². The van der Waals surface area contributed by atoms with Gasteiger partial charge in [-0.3, -0.25) is 9.69 Å². The number of carboxylic acid groups (broad SMARTS) is 1. The van der Waals surface area contributed by atoms with Gasteiger partial charge in [0, 0.05) is 6.54 Å². The molecule has 2 rings (SSSR count). The van der Waals surface area contributed by atoms with E-state index < -0.39 is 5.97 Å². The Hall–Kier alpha value is -1.35. The van der Waals surface area contributed by atoms with Crippen molar-refractivity contribution in [3.8, 4) is 0 Å². The van der Waals surface area contributed by atoms with Crippen molar-refractivity contribution in [2.45, 2.75) is 45.1 Å². The third-order valence-electron chi connectivity index (χ3n) is 4.21. The van der Waals surface area contributed by atoms with Crippen molar-refractivity contribution in [2.24, 2.45) is 5.92 Å². The van der Waals surface area contributed by atoms with Crippen molar-refractivity contribution >= 4 is 5.97 Å². The molecule has 1 aliphatic rings. The van der Waals surface area contributed by atoms with Gasteiger partial charge in [-0.2, -0.15) is 0 Å². The molecule has 110 valence electrons. The molecule has 1 fully saturated rings. The molecule has 1 aliphatic heterocycles. The van der Waals surface area contributed by atoms with Crippen molar-refractivity contribution in [3.05, 3.63) is 35.9 Å². The van der Waals surface area contributed by atoms with E-state index in [0.29, 0.717) is 5.92 Å². The molecule has 1 N–H and O–H groups in total. The molecule has 0 bridgehead atoms. The molecule has 2 unspecified atom stereocenters. The number of aryl methyl sites for hydroxylation is 1. The molecule has 3 heteroatoms. The van der Waals surface area contributed by atoms with Crippen LogP contribution in [-0.2, 0) is 11.2 Å². The lowest BCUT2D eigenvalue weighted by atomic mass is 9.97. The number of rotatable bonds is 6. The summed E-state index contributed by atoms with van der Waals surface area (Å²) in [4.78, 5) is 13.5. The summed E-state index contributed by atoms with van der Waals surface area (Å²) >= 11 is 0. The van der Waals surface area contributed by atoms with Crippen molar-refractivity contribution in [3.63, 3.8) is 0 Å². The highest BCUT2D eigenvalue weighted by Gasteiger charge is 2.28. The fourth-order valence-electron chi connectivity index (χ4n) is 3.04. The summed E-state index contributed by atoms with van der Waals surface area (Å²) in [6, 6.07) is 10.2. The summed E-state index contributed by atoms with van der Waals surface area (Å²) in [6.07, 6.45) is 5.18. The molecule has 1 aromatic carbocycles. The number of carboxylic acids is 1. The van der Waals surface area contributed by atoms with E-state index in [0.717, 1.165) is 45.2 Å². The minimum absolute atomic E-state index is 0.261. The van der Waals surface area contributed by atoms with Crippen LogP contribution in [-0.4, -0.2) is 35.1 Å². The maximum atomic E-state index is 11.3. The zero-order valence-corrected chi connectivity index (χ0v) is 12.3. The summed E-state index contributed by atoms with van der Waals surface area (Å²) in [5, 5.41) is 9.29. The molecule has 2 atom stereocenters. The first-order valence-corrected chi connectivity index (χ1v) is 7.67. The molecule has 1 aromatic rings. The summed E-state index contributed by atoms with van der Waals surface area (Å²) < 4.78 is 0. The van der Waals surface area contributed by atoms with E-state index in [1.807, 2.05) is 6.07 Å². The molecule has 0 radical (unpaired) electrons. The Morgan fingerprint density at radius 3 is 2.80 bits per heavy atom. The molecule has 0 aliphatic carbocycles. The van der Waals surface area contributed by atoms with Crippen LogP contribution in [0.3, 0.4) is 0 Å². The summed E-state index contributed by atoms with van der Waals surface area (Å²) in [7, 11) is 0. The summed E-state index contributed by atoms with van der Waals surface area (Å²) in [5.74, 6) is -0.116. The lowest BCUT2D eigenvalue weighted by Crippen LogP contribution is -2.46. The quantitative estimate of drug-likeness (QED) is 0.866. The van der Waals surface area contributed by atoms with Crippen molar-refractivity contribution in [2.75, 3.05) is 13.1 Å².